The Balaban J connectivity index is 1.48. The molecule has 0 radical (unpaired) electrons. The lowest BCUT2D eigenvalue weighted by atomic mass is 10.2. The summed E-state index contributed by atoms with van der Waals surface area (Å²) in [6.45, 7) is 2.67. The van der Waals surface area contributed by atoms with Crippen molar-refractivity contribution in [1.82, 2.24) is 15.3 Å². The predicted octanol–water partition coefficient (Wildman–Crippen LogP) is 3.87. The van der Waals surface area contributed by atoms with Crippen LogP contribution in [-0.4, -0.2) is 22.4 Å². The Bertz CT molecular complexity index is 782. The van der Waals surface area contributed by atoms with Gasteiger partial charge in [0.25, 0.3) is 0 Å². The highest BCUT2D eigenvalue weighted by Gasteiger charge is 2.10. The van der Waals surface area contributed by atoms with Crippen molar-refractivity contribution in [2.45, 2.75) is 26.2 Å². The summed E-state index contributed by atoms with van der Waals surface area (Å²) in [5.41, 5.74) is 2.07. The lowest BCUT2D eigenvalue weighted by Crippen LogP contribution is -2.25. The van der Waals surface area contributed by atoms with Crippen LogP contribution >= 0.6 is 22.7 Å². The number of thiophene rings is 1. The molecule has 0 spiro atoms. The van der Waals surface area contributed by atoms with Crippen molar-refractivity contribution in [3.05, 3.63) is 57.5 Å². The summed E-state index contributed by atoms with van der Waals surface area (Å²) in [6, 6.07) is 8.02. The highest BCUT2D eigenvalue weighted by atomic mass is 32.1. The van der Waals surface area contributed by atoms with Gasteiger partial charge in [0, 0.05) is 47.1 Å². The Kier molecular flexibility index (Phi) is 5.72. The Morgan fingerprint density at radius 1 is 1.25 bits per heavy atom. The zero-order valence-corrected chi connectivity index (χ0v) is 15.1. The maximum absolute atomic E-state index is 11.9. The van der Waals surface area contributed by atoms with Crippen molar-refractivity contribution in [3.63, 3.8) is 0 Å². The van der Waals surface area contributed by atoms with Gasteiger partial charge in [0.15, 0.2) is 0 Å². The van der Waals surface area contributed by atoms with Crippen LogP contribution in [0, 0.1) is 6.92 Å². The van der Waals surface area contributed by atoms with E-state index in [1.165, 1.54) is 9.75 Å². The first-order valence-corrected chi connectivity index (χ1v) is 9.58. The van der Waals surface area contributed by atoms with Gasteiger partial charge in [-0.25, -0.2) is 4.98 Å². The standard InChI is InChI=1S/C18H19N3OS2/c1-13-16(24-18(21-13)14-4-2-9-19-12-14)8-10-20-17(22)7-6-15-5-3-11-23-15/h2-5,9,11-12H,6-8,10H2,1H3,(H,20,22). The molecule has 0 saturated heterocycles. The van der Waals surface area contributed by atoms with E-state index in [-0.39, 0.29) is 5.91 Å². The molecule has 0 unspecified atom stereocenters. The van der Waals surface area contributed by atoms with Crippen molar-refractivity contribution in [3.8, 4) is 10.6 Å². The van der Waals surface area contributed by atoms with Crippen LogP contribution in [0.3, 0.4) is 0 Å². The summed E-state index contributed by atoms with van der Waals surface area (Å²) in [5.74, 6) is 0.109. The van der Waals surface area contributed by atoms with Crippen LogP contribution in [-0.2, 0) is 17.6 Å². The third kappa shape index (κ3) is 4.49. The molecule has 1 N–H and O–H groups in total. The molecule has 0 saturated carbocycles. The molecule has 3 heterocycles. The maximum atomic E-state index is 11.9. The van der Waals surface area contributed by atoms with Gasteiger partial charge in [-0.2, -0.15) is 0 Å². The van der Waals surface area contributed by atoms with Crippen LogP contribution in [0.5, 0.6) is 0 Å². The Morgan fingerprint density at radius 2 is 2.17 bits per heavy atom. The largest absolute Gasteiger partial charge is 0.356 e. The number of hydrogen-bond donors (Lipinski definition) is 1. The van der Waals surface area contributed by atoms with Gasteiger partial charge in [0.1, 0.15) is 5.01 Å². The Labute approximate surface area is 149 Å². The van der Waals surface area contributed by atoms with E-state index in [9.17, 15) is 4.79 Å². The molecule has 3 aromatic heterocycles. The van der Waals surface area contributed by atoms with E-state index >= 15 is 0 Å². The minimum absolute atomic E-state index is 0.109. The van der Waals surface area contributed by atoms with E-state index < -0.39 is 0 Å². The van der Waals surface area contributed by atoms with Crippen LogP contribution in [0.1, 0.15) is 21.9 Å². The zero-order valence-electron chi connectivity index (χ0n) is 13.5. The van der Waals surface area contributed by atoms with Crippen LogP contribution < -0.4 is 5.32 Å². The van der Waals surface area contributed by atoms with E-state index in [0.29, 0.717) is 13.0 Å². The third-order valence-corrected chi connectivity index (χ3v) is 5.86. The second kappa shape index (κ2) is 8.17. The summed E-state index contributed by atoms with van der Waals surface area (Å²) >= 11 is 3.37. The van der Waals surface area contributed by atoms with Gasteiger partial charge in [-0.15, -0.1) is 22.7 Å². The van der Waals surface area contributed by atoms with Crippen LogP contribution in [0.15, 0.2) is 42.0 Å². The van der Waals surface area contributed by atoms with Gasteiger partial charge in [-0.3, -0.25) is 9.78 Å². The third-order valence-electron chi connectivity index (χ3n) is 3.65. The number of aromatic nitrogens is 2. The Hall–Kier alpha value is -2.05. The lowest BCUT2D eigenvalue weighted by Gasteiger charge is -2.04. The van der Waals surface area contributed by atoms with Crippen molar-refractivity contribution >= 4 is 28.6 Å². The number of carbonyl (C=O) groups excluding carboxylic acids is 1. The minimum atomic E-state index is 0.109. The van der Waals surface area contributed by atoms with Crippen LogP contribution in [0.25, 0.3) is 10.6 Å². The molecule has 0 aromatic carbocycles. The van der Waals surface area contributed by atoms with Gasteiger partial charge in [-0.05, 0) is 36.9 Å². The SMILES string of the molecule is Cc1nc(-c2cccnc2)sc1CCNC(=O)CCc1cccs1. The predicted molar refractivity (Wildman–Crippen MR) is 99.4 cm³/mol. The molecule has 3 aromatic rings. The fourth-order valence-corrected chi connectivity index (χ4v) is 4.13. The minimum Gasteiger partial charge on any atom is -0.356 e. The number of hydrogen-bond acceptors (Lipinski definition) is 5. The highest BCUT2D eigenvalue weighted by molar-refractivity contribution is 7.15. The molecule has 0 aliphatic rings. The molecule has 0 bridgehead atoms. The van der Waals surface area contributed by atoms with E-state index in [0.717, 1.165) is 29.1 Å². The van der Waals surface area contributed by atoms with Crippen molar-refractivity contribution in [2.24, 2.45) is 0 Å². The first-order valence-electron chi connectivity index (χ1n) is 7.88. The quantitative estimate of drug-likeness (QED) is 0.698. The average molecular weight is 358 g/mol. The van der Waals surface area contributed by atoms with Gasteiger partial charge >= 0.3 is 0 Å². The van der Waals surface area contributed by atoms with Crippen molar-refractivity contribution < 1.29 is 4.79 Å². The number of pyridine rings is 1. The molecule has 0 aliphatic heterocycles. The monoisotopic (exact) mass is 357 g/mol. The van der Waals surface area contributed by atoms with E-state index in [1.54, 1.807) is 28.9 Å². The molecule has 124 valence electrons. The molecular weight excluding hydrogens is 338 g/mol. The topological polar surface area (TPSA) is 54.9 Å². The summed E-state index contributed by atoms with van der Waals surface area (Å²) in [4.78, 5) is 23.1. The average Bonchev–Trinajstić information content (AvgIpc) is 3.24. The van der Waals surface area contributed by atoms with E-state index in [1.807, 2.05) is 36.7 Å². The lowest BCUT2D eigenvalue weighted by molar-refractivity contribution is -0.121. The maximum Gasteiger partial charge on any atom is 0.220 e. The van der Waals surface area contributed by atoms with Crippen LogP contribution in [0.4, 0.5) is 0 Å². The number of amides is 1. The van der Waals surface area contributed by atoms with Crippen molar-refractivity contribution in [1.29, 1.82) is 0 Å². The number of aryl methyl sites for hydroxylation is 2. The Morgan fingerprint density at radius 3 is 2.92 bits per heavy atom. The number of thiazole rings is 1. The van der Waals surface area contributed by atoms with Crippen molar-refractivity contribution in [2.75, 3.05) is 6.54 Å². The fourth-order valence-electron chi connectivity index (χ4n) is 2.37. The molecule has 0 atom stereocenters. The smallest absolute Gasteiger partial charge is 0.220 e. The van der Waals surface area contributed by atoms with Gasteiger partial charge < -0.3 is 5.32 Å². The first kappa shape index (κ1) is 16.8. The second-order valence-corrected chi connectivity index (χ2v) is 7.56. The molecule has 0 fully saturated rings. The van der Waals surface area contributed by atoms with Gasteiger partial charge in [0.05, 0.1) is 5.69 Å². The normalized spacial score (nSPS) is 10.7. The number of nitrogens with zero attached hydrogens (tertiary/aromatic N) is 2. The first-order chi connectivity index (χ1) is 11.7. The number of rotatable bonds is 7. The molecule has 6 heteroatoms. The van der Waals surface area contributed by atoms with Gasteiger partial charge in [0.2, 0.25) is 5.91 Å². The summed E-state index contributed by atoms with van der Waals surface area (Å²) < 4.78 is 0. The van der Waals surface area contributed by atoms with E-state index in [4.69, 9.17) is 0 Å². The summed E-state index contributed by atoms with van der Waals surface area (Å²) in [6.07, 6.45) is 5.76. The fraction of sp³-hybridized carbons (Fsp3) is 0.278. The molecule has 1 amide bonds. The van der Waals surface area contributed by atoms with Gasteiger partial charge in [-0.1, -0.05) is 6.07 Å². The summed E-state index contributed by atoms with van der Waals surface area (Å²) in [5, 5.41) is 6.03. The molecule has 0 aliphatic carbocycles. The second-order valence-electron chi connectivity index (χ2n) is 5.45. The number of nitrogens with one attached hydrogen (secondary N) is 1. The van der Waals surface area contributed by atoms with Crippen LogP contribution in [0.2, 0.25) is 0 Å². The molecule has 3 rings (SSSR count). The number of carbonyl (C=O) groups is 1. The molecular formula is C18H19N3OS2. The molecule has 4 nitrogen and oxygen atoms in total. The van der Waals surface area contributed by atoms with E-state index in [2.05, 4.69) is 21.4 Å². The summed E-state index contributed by atoms with van der Waals surface area (Å²) in [7, 11) is 0. The molecule has 24 heavy (non-hydrogen) atoms. The highest BCUT2D eigenvalue weighted by Crippen LogP contribution is 2.27. The zero-order chi connectivity index (χ0) is 16.8.